The van der Waals surface area contributed by atoms with Gasteiger partial charge in [0, 0.05) is 24.5 Å². The monoisotopic (exact) mass is 219 g/mol. The van der Waals surface area contributed by atoms with Crippen LogP contribution in [0.25, 0.3) is 0 Å². The zero-order valence-corrected chi connectivity index (χ0v) is 9.99. The van der Waals surface area contributed by atoms with Crippen LogP contribution in [-0.4, -0.2) is 11.0 Å². The molecule has 1 aromatic heterocycles. The second kappa shape index (κ2) is 3.58. The van der Waals surface area contributed by atoms with Gasteiger partial charge in [0.25, 0.3) is 0 Å². The van der Waals surface area contributed by atoms with Gasteiger partial charge in [-0.25, -0.2) is 0 Å². The summed E-state index contributed by atoms with van der Waals surface area (Å²) in [6.07, 6.45) is 2.94. The molecular formula is C13H17NO2. The van der Waals surface area contributed by atoms with Gasteiger partial charge >= 0.3 is 5.97 Å². The molecule has 0 spiro atoms. The SMILES string of the molecule is CC(C)(C)C1(c2ccccn2)CCC(=O)O1. The number of ether oxygens (including phenoxy) is 1. The number of nitrogens with zero attached hydrogens (tertiary/aromatic N) is 1. The van der Waals surface area contributed by atoms with Gasteiger partial charge in [-0.15, -0.1) is 0 Å². The fourth-order valence-corrected chi connectivity index (χ4v) is 2.27. The van der Waals surface area contributed by atoms with E-state index in [1.807, 2.05) is 18.2 Å². The Morgan fingerprint density at radius 2 is 2.12 bits per heavy atom. The molecule has 0 saturated carbocycles. The van der Waals surface area contributed by atoms with E-state index >= 15 is 0 Å². The van der Waals surface area contributed by atoms with Gasteiger partial charge in [-0.3, -0.25) is 9.78 Å². The zero-order valence-electron chi connectivity index (χ0n) is 9.99. The van der Waals surface area contributed by atoms with Gasteiger partial charge in [0.1, 0.15) is 0 Å². The van der Waals surface area contributed by atoms with E-state index in [2.05, 4.69) is 25.8 Å². The molecule has 1 unspecified atom stereocenters. The van der Waals surface area contributed by atoms with Gasteiger partial charge in [-0.2, -0.15) is 0 Å². The van der Waals surface area contributed by atoms with Crippen LogP contribution in [0.15, 0.2) is 24.4 Å². The average molecular weight is 219 g/mol. The van der Waals surface area contributed by atoms with E-state index in [0.29, 0.717) is 12.8 Å². The Hall–Kier alpha value is -1.38. The smallest absolute Gasteiger partial charge is 0.306 e. The second-order valence-electron chi connectivity index (χ2n) is 5.27. The molecule has 1 atom stereocenters. The van der Waals surface area contributed by atoms with E-state index in [9.17, 15) is 4.79 Å². The molecule has 0 bridgehead atoms. The lowest BCUT2D eigenvalue weighted by atomic mass is 9.72. The second-order valence-corrected chi connectivity index (χ2v) is 5.27. The minimum Gasteiger partial charge on any atom is -0.452 e. The first-order valence-corrected chi connectivity index (χ1v) is 5.59. The number of hydrogen-bond donors (Lipinski definition) is 0. The molecule has 2 rings (SSSR count). The first kappa shape index (κ1) is 11.1. The number of carbonyl (C=O) groups is 1. The zero-order chi connectivity index (χ0) is 11.8. The van der Waals surface area contributed by atoms with Crippen LogP contribution >= 0.6 is 0 Å². The normalized spacial score (nSPS) is 25.6. The molecule has 2 heterocycles. The third-order valence-corrected chi connectivity index (χ3v) is 3.26. The lowest BCUT2D eigenvalue weighted by molar-refractivity contribution is -0.160. The molecule has 0 aromatic carbocycles. The Balaban J connectivity index is 2.49. The van der Waals surface area contributed by atoms with Crippen molar-refractivity contribution in [3.8, 4) is 0 Å². The van der Waals surface area contributed by atoms with E-state index in [4.69, 9.17) is 4.74 Å². The largest absolute Gasteiger partial charge is 0.452 e. The van der Waals surface area contributed by atoms with Crippen LogP contribution in [0.3, 0.4) is 0 Å². The maximum Gasteiger partial charge on any atom is 0.306 e. The highest BCUT2D eigenvalue weighted by Crippen LogP contribution is 2.48. The summed E-state index contributed by atoms with van der Waals surface area (Å²) >= 11 is 0. The van der Waals surface area contributed by atoms with Crippen molar-refractivity contribution in [3.63, 3.8) is 0 Å². The van der Waals surface area contributed by atoms with Crippen LogP contribution in [0.1, 0.15) is 39.3 Å². The number of carbonyl (C=O) groups excluding carboxylic acids is 1. The molecule has 1 aliphatic rings. The highest BCUT2D eigenvalue weighted by Gasteiger charge is 2.51. The Kier molecular flexibility index (Phi) is 2.49. The summed E-state index contributed by atoms with van der Waals surface area (Å²) in [6.45, 7) is 6.25. The summed E-state index contributed by atoms with van der Waals surface area (Å²) in [5, 5.41) is 0. The third kappa shape index (κ3) is 1.60. The van der Waals surface area contributed by atoms with Gasteiger partial charge in [0.2, 0.25) is 0 Å². The molecule has 1 fully saturated rings. The molecule has 16 heavy (non-hydrogen) atoms. The lowest BCUT2D eigenvalue weighted by Crippen LogP contribution is -2.40. The molecular weight excluding hydrogens is 202 g/mol. The van der Waals surface area contributed by atoms with Crippen LogP contribution in [-0.2, 0) is 15.1 Å². The lowest BCUT2D eigenvalue weighted by Gasteiger charge is -2.39. The molecule has 1 aromatic rings. The quantitative estimate of drug-likeness (QED) is 0.682. The molecule has 0 amide bonds. The summed E-state index contributed by atoms with van der Waals surface area (Å²) in [6, 6.07) is 5.74. The Bertz CT molecular complexity index is 394. The van der Waals surface area contributed by atoms with E-state index in [1.165, 1.54) is 0 Å². The van der Waals surface area contributed by atoms with Crippen molar-refractivity contribution in [2.75, 3.05) is 0 Å². The van der Waals surface area contributed by atoms with Crippen LogP contribution in [0.4, 0.5) is 0 Å². The highest BCUT2D eigenvalue weighted by atomic mass is 16.6. The number of hydrogen-bond acceptors (Lipinski definition) is 3. The number of cyclic esters (lactones) is 1. The average Bonchev–Trinajstić information content (AvgIpc) is 2.62. The summed E-state index contributed by atoms with van der Waals surface area (Å²) < 4.78 is 5.60. The first-order chi connectivity index (χ1) is 7.46. The minimum atomic E-state index is -0.564. The molecule has 3 heteroatoms. The van der Waals surface area contributed by atoms with E-state index < -0.39 is 5.60 Å². The van der Waals surface area contributed by atoms with Crippen molar-refractivity contribution >= 4 is 5.97 Å². The number of rotatable bonds is 1. The molecule has 0 radical (unpaired) electrons. The van der Waals surface area contributed by atoms with E-state index in [1.54, 1.807) is 6.20 Å². The van der Waals surface area contributed by atoms with Crippen molar-refractivity contribution < 1.29 is 9.53 Å². The van der Waals surface area contributed by atoms with Crippen LogP contribution < -0.4 is 0 Å². The Morgan fingerprint density at radius 3 is 2.56 bits per heavy atom. The van der Waals surface area contributed by atoms with E-state index in [-0.39, 0.29) is 11.4 Å². The predicted octanol–water partition coefficient (Wildman–Crippen LogP) is 2.66. The van der Waals surface area contributed by atoms with Gasteiger partial charge in [-0.05, 0) is 12.1 Å². The molecule has 0 aliphatic carbocycles. The minimum absolute atomic E-state index is 0.124. The summed E-state index contributed by atoms with van der Waals surface area (Å²) in [5.74, 6) is -0.124. The van der Waals surface area contributed by atoms with Crippen molar-refractivity contribution in [2.24, 2.45) is 5.41 Å². The van der Waals surface area contributed by atoms with Crippen molar-refractivity contribution in [1.82, 2.24) is 4.98 Å². The topological polar surface area (TPSA) is 39.2 Å². The predicted molar refractivity (Wildman–Crippen MR) is 60.7 cm³/mol. The van der Waals surface area contributed by atoms with Crippen LogP contribution in [0.5, 0.6) is 0 Å². The first-order valence-electron chi connectivity index (χ1n) is 5.59. The van der Waals surface area contributed by atoms with Crippen molar-refractivity contribution in [2.45, 2.75) is 39.2 Å². The molecule has 1 aliphatic heterocycles. The highest BCUT2D eigenvalue weighted by molar-refractivity contribution is 5.72. The number of pyridine rings is 1. The third-order valence-electron chi connectivity index (χ3n) is 3.26. The Morgan fingerprint density at radius 1 is 1.38 bits per heavy atom. The Labute approximate surface area is 95.8 Å². The fourth-order valence-electron chi connectivity index (χ4n) is 2.27. The summed E-state index contributed by atoms with van der Waals surface area (Å²) in [5.41, 5.74) is 0.145. The van der Waals surface area contributed by atoms with Gasteiger partial charge < -0.3 is 4.74 Å². The number of aromatic nitrogens is 1. The van der Waals surface area contributed by atoms with Crippen molar-refractivity contribution in [3.05, 3.63) is 30.1 Å². The van der Waals surface area contributed by atoms with Crippen molar-refractivity contribution in [1.29, 1.82) is 0 Å². The molecule has 86 valence electrons. The molecule has 3 nitrogen and oxygen atoms in total. The summed E-state index contributed by atoms with van der Waals surface area (Å²) in [7, 11) is 0. The maximum absolute atomic E-state index is 11.4. The number of esters is 1. The molecule has 1 saturated heterocycles. The maximum atomic E-state index is 11.4. The van der Waals surface area contributed by atoms with E-state index in [0.717, 1.165) is 5.69 Å². The standard InChI is InChI=1S/C13H17NO2/c1-12(2,3)13(8-7-11(15)16-13)10-6-4-5-9-14-10/h4-6,9H,7-8H2,1-3H3. The van der Waals surface area contributed by atoms with Gasteiger partial charge in [0.15, 0.2) is 5.60 Å². The van der Waals surface area contributed by atoms with Gasteiger partial charge in [-0.1, -0.05) is 26.8 Å². The van der Waals surface area contributed by atoms with Gasteiger partial charge in [0.05, 0.1) is 5.69 Å². The fraction of sp³-hybridized carbons (Fsp3) is 0.538. The van der Waals surface area contributed by atoms with Crippen LogP contribution in [0, 0.1) is 5.41 Å². The summed E-state index contributed by atoms with van der Waals surface area (Å²) in [4.78, 5) is 15.8. The van der Waals surface area contributed by atoms with Crippen LogP contribution in [0.2, 0.25) is 0 Å². The molecule has 0 N–H and O–H groups in total.